The molecule has 3 aromatic heterocycles. The van der Waals surface area contributed by atoms with Gasteiger partial charge in [-0.15, -0.1) is 0 Å². The monoisotopic (exact) mass is 487 g/mol. The molecule has 0 fully saturated rings. The standard InChI is InChI=1S/C23H23Cl2N5O3/c1-13-14(12-28-30(13)11-8-23(2,3)31)21-18(22-26-9-5-10-27-22)20(29-33-21)17-15(24)6-7-16(32-4)19(17)25/h5-7,9-10,12,31H,8,11H2,1-4H3. The van der Waals surface area contributed by atoms with Crippen LogP contribution in [-0.2, 0) is 6.54 Å². The van der Waals surface area contributed by atoms with E-state index >= 15 is 0 Å². The molecule has 4 aromatic rings. The van der Waals surface area contributed by atoms with Crippen LogP contribution in [0, 0.1) is 6.92 Å². The minimum Gasteiger partial charge on any atom is -0.495 e. The van der Waals surface area contributed by atoms with Crippen LogP contribution in [0.2, 0.25) is 10.0 Å². The smallest absolute Gasteiger partial charge is 0.181 e. The van der Waals surface area contributed by atoms with Gasteiger partial charge in [-0.05, 0) is 45.4 Å². The van der Waals surface area contributed by atoms with Crippen LogP contribution in [0.25, 0.3) is 34.0 Å². The summed E-state index contributed by atoms with van der Waals surface area (Å²) in [6.45, 7) is 6.00. The highest BCUT2D eigenvalue weighted by atomic mass is 35.5. The summed E-state index contributed by atoms with van der Waals surface area (Å²) in [4.78, 5) is 8.82. The zero-order chi connectivity index (χ0) is 23.8. The number of methoxy groups -OCH3 is 1. The molecular formula is C23H23Cl2N5O3. The van der Waals surface area contributed by atoms with Crippen molar-refractivity contribution in [1.29, 1.82) is 0 Å². The lowest BCUT2D eigenvalue weighted by atomic mass is 10.0. The quantitative estimate of drug-likeness (QED) is 0.370. The second-order valence-electron chi connectivity index (χ2n) is 8.18. The number of nitrogens with zero attached hydrogens (tertiary/aromatic N) is 5. The number of rotatable bonds is 7. The number of aryl methyl sites for hydroxylation is 1. The minimum absolute atomic E-state index is 0.305. The normalized spacial score (nSPS) is 11.7. The van der Waals surface area contributed by atoms with Gasteiger partial charge in [-0.1, -0.05) is 28.4 Å². The van der Waals surface area contributed by atoms with Crippen molar-refractivity contribution in [3.63, 3.8) is 0 Å². The van der Waals surface area contributed by atoms with Gasteiger partial charge in [0.2, 0.25) is 0 Å². The third-order valence-corrected chi connectivity index (χ3v) is 5.97. The van der Waals surface area contributed by atoms with Gasteiger partial charge in [-0.2, -0.15) is 5.10 Å². The molecule has 0 saturated heterocycles. The fourth-order valence-corrected chi connectivity index (χ4v) is 4.09. The molecule has 4 rings (SSSR count). The molecule has 1 N–H and O–H groups in total. The molecule has 0 aliphatic heterocycles. The van der Waals surface area contributed by atoms with Crippen molar-refractivity contribution in [1.82, 2.24) is 24.9 Å². The Morgan fingerprint density at radius 3 is 2.55 bits per heavy atom. The van der Waals surface area contributed by atoms with Crippen LogP contribution in [0.5, 0.6) is 5.75 Å². The molecule has 0 saturated carbocycles. The molecule has 3 heterocycles. The highest BCUT2D eigenvalue weighted by Gasteiger charge is 2.29. The van der Waals surface area contributed by atoms with Crippen molar-refractivity contribution >= 4 is 23.2 Å². The van der Waals surface area contributed by atoms with Gasteiger partial charge in [0, 0.05) is 30.2 Å². The van der Waals surface area contributed by atoms with E-state index in [1.165, 1.54) is 7.11 Å². The average Bonchev–Trinajstić information content (AvgIpc) is 3.36. The molecule has 0 bridgehead atoms. The van der Waals surface area contributed by atoms with Gasteiger partial charge < -0.3 is 14.4 Å². The van der Waals surface area contributed by atoms with Gasteiger partial charge in [-0.25, -0.2) is 9.97 Å². The molecule has 33 heavy (non-hydrogen) atoms. The van der Waals surface area contributed by atoms with Crippen molar-refractivity contribution in [2.75, 3.05) is 7.11 Å². The second-order valence-corrected chi connectivity index (χ2v) is 8.96. The zero-order valence-corrected chi connectivity index (χ0v) is 20.1. The number of hydrogen-bond acceptors (Lipinski definition) is 7. The molecule has 0 unspecified atom stereocenters. The molecule has 10 heteroatoms. The zero-order valence-electron chi connectivity index (χ0n) is 18.6. The lowest BCUT2D eigenvalue weighted by Gasteiger charge is -2.17. The van der Waals surface area contributed by atoms with E-state index in [-0.39, 0.29) is 0 Å². The molecule has 0 radical (unpaired) electrons. The number of hydrogen-bond donors (Lipinski definition) is 1. The highest BCUT2D eigenvalue weighted by Crippen LogP contribution is 2.46. The fourth-order valence-electron chi connectivity index (χ4n) is 3.46. The van der Waals surface area contributed by atoms with E-state index in [4.69, 9.17) is 32.5 Å². The summed E-state index contributed by atoms with van der Waals surface area (Å²) in [5, 5.41) is 19.6. The van der Waals surface area contributed by atoms with Gasteiger partial charge in [0.15, 0.2) is 11.6 Å². The van der Waals surface area contributed by atoms with Crippen LogP contribution in [0.1, 0.15) is 26.0 Å². The van der Waals surface area contributed by atoms with Gasteiger partial charge in [-0.3, -0.25) is 4.68 Å². The first kappa shape index (κ1) is 23.2. The average molecular weight is 488 g/mol. The number of aliphatic hydroxyl groups is 1. The van der Waals surface area contributed by atoms with Crippen molar-refractivity contribution in [2.45, 2.75) is 39.3 Å². The van der Waals surface area contributed by atoms with Crippen LogP contribution < -0.4 is 4.74 Å². The summed E-state index contributed by atoms with van der Waals surface area (Å²) >= 11 is 13.1. The van der Waals surface area contributed by atoms with E-state index in [2.05, 4.69) is 20.2 Å². The first-order valence-electron chi connectivity index (χ1n) is 10.3. The Bertz CT molecular complexity index is 1280. The molecule has 0 aliphatic rings. The van der Waals surface area contributed by atoms with E-state index in [0.29, 0.717) is 57.2 Å². The summed E-state index contributed by atoms with van der Waals surface area (Å²) in [6, 6.07) is 5.10. The van der Waals surface area contributed by atoms with E-state index in [1.54, 1.807) is 50.6 Å². The maximum atomic E-state index is 10.1. The lowest BCUT2D eigenvalue weighted by Crippen LogP contribution is -2.21. The summed E-state index contributed by atoms with van der Waals surface area (Å²) in [5.74, 6) is 1.30. The second kappa shape index (κ2) is 9.13. The van der Waals surface area contributed by atoms with E-state index in [9.17, 15) is 5.11 Å². The third-order valence-electron chi connectivity index (χ3n) is 5.28. The molecule has 1 aromatic carbocycles. The van der Waals surface area contributed by atoms with E-state index < -0.39 is 5.60 Å². The summed E-state index contributed by atoms with van der Waals surface area (Å²) in [7, 11) is 1.53. The van der Waals surface area contributed by atoms with Crippen molar-refractivity contribution in [3.05, 3.63) is 52.5 Å². The summed E-state index contributed by atoms with van der Waals surface area (Å²) in [6.07, 6.45) is 5.51. The van der Waals surface area contributed by atoms with Crippen LogP contribution in [-0.4, -0.2) is 42.7 Å². The Balaban J connectivity index is 1.90. The first-order valence-corrected chi connectivity index (χ1v) is 11.0. The summed E-state index contributed by atoms with van der Waals surface area (Å²) in [5.41, 5.74) is 2.17. The Morgan fingerprint density at radius 1 is 1.15 bits per heavy atom. The largest absolute Gasteiger partial charge is 0.495 e. The van der Waals surface area contributed by atoms with Gasteiger partial charge >= 0.3 is 0 Å². The van der Waals surface area contributed by atoms with Crippen molar-refractivity contribution < 1.29 is 14.4 Å². The fraction of sp³-hybridized carbons (Fsp3) is 0.304. The predicted molar refractivity (Wildman–Crippen MR) is 126 cm³/mol. The highest BCUT2D eigenvalue weighted by molar-refractivity contribution is 6.40. The molecule has 8 nitrogen and oxygen atoms in total. The van der Waals surface area contributed by atoms with Crippen LogP contribution in [0.3, 0.4) is 0 Å². The number of ether oxygens (including phenoxy) is 1. The Hall–Kier alpha value is -2.94. The van der Waals surface area contributed by atoms with Crippen LogP contribution in [0.15, 0.2) is 41.3 Å². The predicted octanol–water partition coefficient (Wildman–Crippen LogP) is 5.45. The van der Waals surface area contributed by atoms with Crippen LogP contribution in [0.4, 0.5) is 0 Å². The van der Waals surface area contributed by atoms with Gasteiger partial charge in [0.1, 0.15) is 11.4 Å². The first-order chi connectivity index (χ1) is 15.7. The van der Waals surface area contributed by atoms with E-state index in [1.807, 2.05) is 11.6 Å². The topological polar surface area (TPSA) is 99.1 Å². The molecule has 172 valence electrons. The summed E-state index contributed by atoms with van der Waals surface area (Å²) < 4.78 is 13.0. The Labute approximate surface area is 201 Å². The Kier molecular flexibility index (Phi) is 6.43. The maximum absolute atomic E-state index is 10.1. The number of aromatic nitrogens is 5. The van der Waals surface area contributed by atoms with E-state index in [0.717, 1.165) is 11.3 Å². The minimum atomic E-state index is -0.805. The molecule has 0 atom stereocenters. The van der Waals surface area contributed by atoms with Gasteiger partial charge in [0.25, 0.3) is 0 Å². The Morgan fingerprint density at radius 2 is 1.88 bits per heavy atom. The SMILES string of the molecule is COc1ccc(Cl)c(-c2noc(-c3cnn(CCC(C)(C)O)c3C)c2-c2ncccn2)c1Cl. The molecule has 0 spiro atoms. The molecule has 0 aliphatic carbocycles. The van der Waals surface area contributed by atoms with Crippen molar-refractivity contribution in [3.8, 4) is 39.7 Å². The van der Waals surface area contributed by atoms with Gasteiger partial charge in [0.05, 0.1) is 40.1 Å². The lowest BCUT2D eigenvalue weighted by molar-refractivity contribution is 0.0649. The number of benzene rings is 1. The maximum Gasteiger partial charge on any atom is 0.181 e. The number of halogens is 2. The molecule has 0 amide bonds. The molecular weight excluding hydrogens is 465 g/mol. The van der Waals surface area contributed by atoms with Crippen LogP contribution >= 0.6 is 23.2 Å². The third kappa shape index (κ3) is 4.59. The van der Waals surface area contributed by atoms with Crippen molar-refractivity contribution in [2.24, 2.45) is 0 Å².